The number of carbonyl (C=O) groups is 2. The van der Waals surface area contributed by atoms with Gasteiger partial charge in [0.15, 0.2) is 0 Å². The lowest BCUT2D eigenvalue weighted by atomic mass is 10.5. The van der Waals surface area contributed by atoms with Crippen molar-refractivity contribution >= 4 is 36.3 Å². The van der Waals surface area contributed by atoms with E-state index >= 15 is 0 Å². The maximum atomic E-state index is 11.6. The number of hydrogen-bond acceptors (Lipinski definition) is 7. The summed E-state index contributed by atoms with van der Waals surface area (Å²) in [5, 5.41) is 0. The Bertz CT molecular complexity index is 327. The van der Waals surface area contributed by atoms with Gasteiger partial charge in [-0.3, -0.25) is 4.90 Å². The van der Waals surface area contributed by atoms with Gasteiger partial charge in [0.25, 0.3) is 0 Å². The number of nitrogens with zero attached hydrogens (tertiary/aromatic N) is 1. The summed E-state index contributed by atoms with van der Waals surface area (Å²) >= 11 is 5.24. The van der Waals surface area contributed by atoms with Gasteiger partial charge in [-0.05, 0) is 13.1 Å². The van der Waals surface area contributed by atoms with Crippen molar-refractivity contribution in [1.29, 1.82) is 0 Å². The molecule has 0 aliphatic rings. The Morgan fingerprint density at radius 2 is 1.61 bits per heavy atom. The molecule has 0 spiro atoms. The summed E-state index contributed by atoms with van der Waals surface area (Å²) in [4.78, 5) is 25.2. The first-order chi connectivity index (χ1) is 8.51. The molecule has 0 rings (SSSR count). The van der Waals surface area contributed by atoms with Crippen LogP contribution in [-0.2, 0) is 19.1 Å². The van der Waals surface area contributed by atoms with Gasteiger partial charge in [0.1, 0.15) is 9.81 Å². The van der Waals surface area contributed by atoms with Gasteiger partial charge in [-0.25, -0.2) is 9.59 Å². The lowest BCUT2D eigenvalue weighted by molar-refractivity contribution is -0.138. The van der Waals surface area contributed by atoms with Crippen molar-refractivity contribution < 1.29 is 19.1 Å². The Morgan fingerprint density at radius 3 is 2.00 bits per heavy atom. The van der Waals surface area contributed by atoms with Crippen LogP contribution in [-0.4, -0.2) is 50.0 Å². The van der Waals surface area contributed by atoms with Crippen molar-refractivity contribution in [3.8, 4) is 0 Å². The number of esters is 2. The van der Waals surface area contributed by atoms with Crippen molar-refractivity contribution in [2.24, 2.45) is 0 Å². The van der Waals surface area contributed by atoms with E-state index in [0.717, 1.165) is 13.1 Å². The summed E-state index contributed by atoms with van der Waals surface area (Å²) in [6.45, 7) is 5.76. The van der Waals surface area contributed by atoms with Crippen LogP contribution in [0.3, 0.4) is 0 Å². The Kier molecular flexibility index (Phi) is 8.95. The van der Waals surface area contributed by atoms with Gasteiger partial charge in [0, 0.05) is 5.88 Å². The Labute approximate surface area is 117 Å². The molecule has 0 radical (unpaired) electrons. The summed E-state index contributed by atoms with van der Waals surface area (Å²) in [7, 11) is 2.50. The fourth-order valence-corrected chi connectivity index (χ4v) is 2.54. The number of thiol groups is 1. The zero-order valence-corrected chi connectivity index (χ0v) is 12.8. The molecule has 0 aliphatic carbocycles. The van der Waals surface area contributed by atoms with Gasteiger partial charge in [0.2, 0.25) is 0 Å². The quantitative estimate of drug-likeness (QED) is 0.332. The van der Waals surface area contributed by atoms with E-state index in [4.69, 9.17) is 0 Å². The van der Waals surface area contributed by atoms with Gasteiger partial charge < -0.3 is 9.47 Å². The molecule has 0 unspecified atom stereocenters. The van der Waals surface area contributed by atoms with Crippen LogP contribution in [0.5, 0.6) is 0 Å². The summed E-state index contributed by atoms with van der Waals surface area (Å²) < 4.78 is 9.17. The van der Waals surface area contributed by atoms with Gasteiger partial charge >= 0.3 is 11.9 Å². The number of rotatable bonds is 7. The highest BCUT2D eigenvalue weighted by Crippen LogP contribution is 2.25. The molecule has 18 heavy (non-hydrogen) atoms. The van der Waals surface area contributed by atoms with Gasteiger partial charge in [-0.1, -0.05) is 13.8 Å². The molecular formula is C11H19NO4S2. The third-order valence-corrected chi connectivity index (χ3v) is 3.96. The lowest BCUT2D eigenvalue weighted by Gasteiger charge is -2.18. The molecular weight excluding hydrogens is 274 g/mol. The zero-order chi connectivity index (χ0) is 14.1. The highest BCUT2D eigenvalue weighted by molar-refractivity contribution is 8.04. The smallest absolute Gasteiger partial charge is 0.345 e. The Balaban J connectivity index is 4.91. The maximum Gasteiger partial charge on any atom is 0.345 e. The fourth-order valence-electron chi connectivity index (χ4n) is 1.07. The first-order valence-corrected chi connectivity index (χ1v) is 6.90. The molecule has 104 valence electrons. The van der Waals surface area contributed by atoms with Crippen LogP contribution in [0.25, 0.3) is 0 Å². The average molecular weight is 293 g/mol. The number of ether oxygens (including phenoxy) is 2. The minimum absolute atomic E-state index is 0.0264. The molecule has 0 aromatic heterocycles. The van der Waals surface area contributed by atoms with Crippen LogP contribution in [0, 0.1) is 0 Å². The predicted molar refractivity (Wildman–Crippen MR) is 75.4 cm³/mol. The van der Waals surface area contributed by atoms with E-state index < -0.39 is 11.9 Å². The van der Waals surface area contributed by atoms with Crippen LogP contribution < -0.4 is 0 Å². The fraction of sp³-hybridized carbons (Fsp3) is 0.636. The molecule has 0 bridgehead atoms. The molecule has 5 nitrogen and oxygen atoms in total. The van der Waals surface area contributed by atoms with E-state index in [2.05, 4.69) is 27.0 Å². The van der Waals surface area contributed by atoms with Crippen molar-refractivity contribution in [2.75, 3.05) is 33.2 Å². The minimum Gasteiger partial charge on any atom is -0.465 e. The van der Waals surface area contributed by atoms with Crippen molar-refractivity contribution in [2.45, 2.75) is 13.8 Å². The van der Waals surface area contributed by atoms with E-state index in [0.29, 0.717) is 5.88 Å². The van der Waals surface area contributed by atoms with Gasteiger partial charge in [-0.2, -0.15) is 0 Å². The highest BCUT2D eigenvalue weighted by atomic mass is 32.2. The van der Waals surface area contributed by atoms with E-state index in [1.165, 1.54) is 26.0 Å². The SMILES string of the molecule is CCN(CC)CS/C(C(=O)OC)=C(\S)C(=O)OC. The molecule has 0 saturated carbocycles. The van der Waals surface area contributed by atoms with Crippen LogP contribution >= 0.6 is 24.4 Å². The number of carbonyl (C=O) groups excluding carboxylic acids is 2. The Morgan fingerprint density at radius 1 is 1.11 bits per heavy atom. The van der Waals surface area contributed by atoms with Gasteiger partial charge in [0.05, 0.1) is 14.2 Å². The molecule has 0 fully saturated rings. The second-order valence-electron chi connectivity index (χ2n) is 3.24. The van der Waals surface area contributed by atoms with Crippen LogP contribution in [0.4, 0.5) is 0 Å². The summed E-state index contributed by atoms with van der Waals surface area (Å²) in [5.41, 5.74) is 0. The standard InChI is InChI=1S/C11H19NO4S2/c1-5-12(6-2)7-18-9(11(14)16-4)8(17)10(13)15-3/h17H,5-7H2,1-4H3/b9-8-. The highest BCUT2D eigenvalue weighted by Gasteiger charge is 2.21. The summed E-state index contributed by atoms with van der Waals surface area (Å²) in [6.07, 6.45) is 0. The first-order valence-electron chi connectivity index (χ1n) is 5.46. The molecule has 0 aromatic carbocycles. The molecule has 0 N–H and O–H groups in total. The van der Waals surface area contributed by atoms with E-state index in [9.17, 15) is 9.59 Å². The molecule has 0 saturated heterocycles. The maximum absolute atomic E-state index is 11.6. The first kappa shape index (κ1) is 17.3. The third-order valence-electron chi connectivity index (χ3n) is 2.25. The van der Waals surface area contributed by atoms with Crippen LogP contribution in [0.2, 0.25) is 0 Å². The molecule has 0 amide bonds. The van der Waals surface area contributed by atoms with Crippen molar-refractivity contribution in [3.05, 3.63) is 9.81 Å². The number of hydrogen-bond donors (Lipinski definition) is 1. The lowest BCUT2D eigenvalue weighted by Crippen LogP contribution is -2.23. The normalized spacial score (nSPS) is 12.1. The summed E-state index contributed by atoms with van der Waals surface area (Å²) in [6, 6.07) is 0. The number of thioether (sulfide) groups is 1. The molecule has 0 heterocycles. The van der Waals surface area contributed by atoms with E-state index in [1.54, 1.807) is 0 Å². The third kappa shape index (κ3) is 5.32. The second-order valence-corrected chi connectivity index (χ2v) is 4.64. The zero-order valence-electron chi connectivity index (χ0n) is 11.1. The molecule has 0 aromatic rings. The number of methoxy groups -OCH3 is 2. The van der Waals surface area contributed by atoms with E-state index in [-0.39, 0.29) is 9.81 Å². The van der Waals surface area contributed by atoms with E-state index in [1.807, 2.05) is 13.8 Å². The van der Waals surface area contributed by atoms with Gasteiger partial charge in [-0.15, -0.1) is 24.4 Å². The minimum atomic E-state index is -0.647. The predicted octanol–water partition coefficient (Wildman–Crippen LogP) is 1.51. The monoisotopic (exact) mass is 293 g/mol. The largest absolute Gasteiger partial charge is 0.465 e. The van der Waals surface area contributed by atoms with Crippen LogP contribution in [0.1, 0.15) is 13.8 Å². The molecule has 7 heteroatoms. The average Bonchev–Trinajstić information content (AvgIpc) is 2.41. The second kappa shape index (κ2) is 9.29. The Hall–Kier alpha value is -0.660. The van der Waals surface area contributed by atoms with Crippen LogP contribution in [0.15, 0.2) is 9.81 Å². The van der Waals surface area contributed by atoms with Crippen molar-refractivity contribution in [1.82, 2.24) is 4.90 Å². The van der Waals surface area contributed by atoms with Crippen molar-refractivity contribution in [3.63, 3.8) is 0 Å². The molecule has 0 aliphatic heterocycles. The summed E-state index contributed by atoms with van der Waals surface area (Å²) in [5.74, 6) is -0.647. The molecule has 0 atom stereocenters. The topological polar surface area (TPSA) is 55.8 Å².